The molecule has 0 radical (unpaired) electrons. The first-order valence-corrected chi connectivity index (χ1v) is 10.4. The second-order valence-corrected chi connectivity index (χ2v) is 8.24. The van der Waals surface area contributed by atoms with Crippen LogP contribution >= 0.6 is 11.3 Å². The standard InChI is InChI=1S/C21H18F2N2O4S/c22-13-8-15(23)20-18(9-13)30-21(24-20)25(10-14-2-1-5-27-14)19(26)7-12-3-4-16-17(6-12)29-11-28-16/h3-4,6,8-9,14H,1-2,5,7,10-11H2/t14-/m1/s1. The van der Waals surface area contributed by atoms with Gasteiger partial charge in [-0.05, 0) is 36.6 Å². The van der Waals surface area contributed by atoms with Gasteiger partial charge >= 0.3 is 0 Å². The SMILES string of the molecule is O=C(Cc1ccc2c(c1)OCO2)N(C[C@H]1CCCO1)c1nc2c(F)cc(F)cc2s1. The minimum Gasteiger partial charge on any atom is -0.454 e. The Bertz CT molecular complexity index is 1110. The van der Waals surface area contributed by atoms with Gasteiger partial charge < -0.3 is 14.2 Å². The van der Waals surface area contributed by atoms with E-state index in [0.717, 1.165) is 35.8 Å². The molecular weight excluding hydrogens is 414 g/mol. The van der Waals surface area contributed by atoms with Crippen LogP contribution in [0.3, 0.4) is 0 Å². The Kier molecular flexibility index (Phi) is 5.00. The molecule has 3 aromatic rings. The number of nitrogens with zero attached hydrogens (tertiary/aromatic N) is 2. The number of benzene rings is 2. The maximum absolute atomic E-state index is 14.2. The maximum atomic E-state index is 14.2. The van der Waals surface area contributed by atoms with E-state index < -0.39 is 11.6 Å². The molecule has 0 unspecified atom stereocenters. The molecule has 0 aliphatic carbocycles. The molecule has 1 amide bonds. The molecule has 2 aromatic carbocycles. The molecular formula is C21H18F2N2O4S. The first kappa shape index (κ1) is 19.2. The number of anilines is 1. The monoisotopic (exact) mass is 432 g/mol. The third-order valence-electron chi connectivity index (χ3n) is 5.14. The zero-order valence-electron chi connectivity index (χ0n) is 15.9. The fourth-order valence-electron chi connectivity index (χ4n) is 3.66. The quantitative estimate of drug-likeness (QED) is 0.609. The van der Waals surface area contributed by atoms with Gasteiger partial charge in [0.25, 0.3) is 0 Å². The van der Waals surface area contributed by atoms with Gasteiger partial charge in [0.2, 0.25) is 12.7 Å². The van der Waals surface area contributed by atoms with Gasteiger partial charge in [0.1, 0.15) is 11.3 Å². The number of hydrogen-bond donors (Lipinski definition) is 0. The molecule has 30 heavy (non-hydrogen) atoms. The molecule has 0 saturated carbocycles. The molecule has 156 valence electrons. The van der Waals surface area contributed by atoms with E-state index in [1.54, 1.807) is 12.1 Å². The van der Waals surface area contributed by atoms with E-state index in [1.165, 1.54) is 11.0 Å². The highest BCUT2D eigenvalue weighted by molar-refractivity contribution is 7.22. The molecule has 6 nitrogen and oxygen atoms in total. The van der Waals surface area contributed by atoms with Crippen molar-refractivity contribution in [3.05, 3.63) is 47.5 Å². The van der Waals surface area contributed by atoms with Crippen molar-refractivity contribution in [3.63, 3.8) is 0 Å². The lowest BCUT2D eigenvalue weighted by Gasteiger charge is -2.23. The van der Waals surface area contributed by atoms with Crippen LogP contribution in [0.5, 0.6) is 11.5 Å². The van der Waals surface area contributed by atoms with E-state index in [-0.39, 0.29) is 30.7 Å². The first-order chi connectivity index (χ1) is 14.6. The highest BCUT2D eigenvalue weighted by atomic mass is 32.1. The lowest BCUT2D eigenvalue weighted by atomic mass is 10.1. The Morgan fingerprint density at radius 3 is 2.90 bits per heavy atom. The molecule has 5 rings (SSSR count). The Morgan fingerprint density at radius 2 is 2.07 bits per heavy atom. The van der Waals surface area contributed by atoms with Crippen molar-refractivity contribution in [2.75, 3.05) is 24.8 Å². The largest absolute Gasteiger partial charge is 0.454 e. The number of aromatic nitrogens is 1. The summed E-state index contributed by atoms with van der Waals surface area (Å²) in [5.74, 6) is -0.376. The van der Waals surface area contributed by atoms with E-state index in [9.17, 15) is 13.6 Å². The van der Waals surface area contributed by atoms with Gasteiger partial charge in [-0.3, -0.25) is 9.69 Å². The number of ether oxygens (including phenoxy) is 3. The predicted molar refractivity (Wildman–Crippen MR) is 107 cm³/mol. The Balaban J connectivity index is 1.45. The van der Waals surface area contributed by atoms with E-state index in [2.05, 4.69) is 4.98 Å². The maximum Gasteiger partial charge on any atom is 0.233 e. The van der Waals surface area contributed by atoms with Crippen LogP contribution in [-0.2, 0) is 16.0 Å². The van der Waals surface area contributed by atoms with E-state index >= 15 is 0 Å². The van der Waals surface area contributed by atoms with E-state index in [1.807, 2.05) is 6.07 Å². The zero-order valence-corrected chi connectivity index (χ0v) is 16.7. The van der Waals surface area contributed by atoms with Crippen molar-refractivity contribution in [1.82, 2.24) is 4.98 Å². The molecule has 1 aromatic heterocycles. The normalized spacial score (nSPS) is 17.6. The summed E-state index contributed by atoms with van der Waals surface area (Å²) in [6, 6.07) is 7.38. The van der Waals surface area contributed by atoms with Gasteiger partial charge in [0, 0.05) is 12.7 Å². The van der Waals surface area contributed by atoms with Crippen LogP contribution in [0.15, 0.2) is 30.3 Å². The number of rotatable bonds is 5. The van der Waals surface area contributed by atoms with Crippen molar-refractivity contribution in [2.24, 2.45) is 0 Å². The van der Waals surface area contributed by atoms with Crippen LogP contribution in [0.25, 0.3) is 10.2 Å². The van der Waals surface area contributed by atoms with E-state index in [0.29, 0.717) is 34.5 Å². The number of amides is 1. The molecule has 1 fully saturated rings. The second kappa shape index (κ2) is 7.81. The highest BCUT2D eigenvalue weighted by Gasteiger charge is 2.27. The summed E-state index contributed by atoms with van der Waals surface area (Å²) in [4.78, 5) is 19.0. The van der Waals surface area contributed by atoms with Gasteiger partial charge in [-0.15, -0.1) is 0 Å². The van der Waals surface area contributed by atoms with Gasteiger partial charge in [0.15, 0.2) is 22.4 Å². The van der Waals surface area contributed by atoms with Gasteiger partial charge in [-0.25, -0.2) is 13.8 Å². The van der Waals surface area contributed by atoms with Crippen LogP contribution < -0.4 is 14.4 Å². The molecule has 1 saturated heterocycles. The molecule has 3 heterocycles. The summed E-state index contributed by atoms with van der Waals surface area (Å²) in [5, 5.41) is 0.329. The summed E-state index contributed by atoms with van der Waals surface area (Å²) >= 11 is 1.09. The van der Waals surface area contributed by atoms with Crippen molar-refractivity contribution in [1.29, 1.82) is 0 Å². The highest BCUT2D eigenvalue weighted by Crippen LogP contribution is 2.34. The number of carbonyl (C=O) groups excluding carboxylic acids is 1. The number of carbonyl (C=O) groups is 1. The number of fused-ring (bicyclic) bond motifs is 2. The van der Waals surface area contributed by atoms with Crippen LogP contribution in [0.2, 0.25) is 0 Å². The second-order valence-electron chi connectivity index (χ2n) is 7.23. The zero-order chi connectivity index (χ0) is 20.7. The molecule has 0 N–H and O–H groups in total. The van der Waals surface area contributed by atoms with Crippen molar-refractivity contribution in [2.45, 2.75) is 25.4 Å². The Hall–Kier alpha value is -2.78. The fraction of sp³-hybridized carbons (Fsp3) is 0.333. The minimum atomic E-state index is -0.743. The number of thiazole rings is 1. The average Bonchev–Trinajstić information content (AvgIpc) is 3.46. The minimum absolute atomic E-state index is 0.0598. The van der Waals surface area contributed by atoms with Crippen molar-refractivity contribution >= 4 is 32.6 Å². The molecule has 2 aliphatic heterocycles. The summed E-state index contributed by atoms with van der Waals surface area (Å²) < 4.78 is 44.5. The molecule has 9 heteroatoms. The number of halogens is 2. The molecule has 0 bridgehead atoms. The van der Waals surface area contributed by atoms with Gasteiger partial charge in [-0.2, -0.15) is 0 Å². The van der Waals surface area contributed by atoms with Crippen molar-refractivity contribution < 1.29 is 27.8 Å². The summed E-state index contributed by atoms with van der Waals surface area (Å²) in [5.41, 5.74) is 0.824. The fourth-order valence-corrected chi connectivity index (χ4v) is 4.69. The Labute approximate surface area is 175 Å². The third kappa shape index (κ3) is 3.70. The lowest BCUT2D eigenvalue weighted by molar-refractivity contribution is -0.118. The van der Waals surface area contributed by atoms with Gasteiger partial charge in [-0.1, -0.05) is 17.4 Å². The van der Waals surface area contributed by atoms with Crippen LogP contribution in [0.1, 0.15) is 18.4 Å². The first-order valence-electron chi connectivity index (χ1n) is 9.63. The smallest absolute Gasteiger partial charge is 0.233 e. The van der Waals surface area contributed by atoms with Crippen LogP contribution in [0, 0.1) is 11.6 Å². The third-order valence-corrected chi connectivity index (χ3v) is 6.16. The predicted octanol–water partition coefficient (Wildman–Crippen LogP) is 4.06. The lowest BCUT2D eigenvalue weighted by Crippen LogP contribution is -2.38. The molecule has 1 atom stereocenters. The molecule has 0 spiro atoms. The molecule has 2 aliphatic rings. The van der Waals surface area contributed by atoms with Crippen molar-refractivity contribution in [3.8, 4) is 11.5 Å². The summed E-state index contributed by atoms with van der Waals surface area (Å²) in [6.07, 6.45) is 1.76. The van der Waals surface area contributed by atoms with Gasteiger partial charge in [0.05, 0.1) is 23.8 Å². The topological polar surface area (TPSA) is 60.9 Å². The average molecular weight is 432 g/mol. The van der Waals surface area contributed by atoms with E-state index in [4.69, 9.17) is 14.2 Å². The summed E-state index contributed by atoms with van der Waals surface area (Å²) in [7, 11) is 0. The summed E-state index contributed by atoms with van der Waals surface area (Å²) in [6.45, 7) is 1.12. The number of hydrogen-bond acceptors (Lipinski definition) is 6. The van der Waals surface area contributed by atoms with Crippen LogP contribution in [-0.4, -0.2) is 36.9 Å². The van der Waals surface area contributed by atoms with Crippen LogP contribution in [0.4, 0.5) is 13.9 Å². The Morgan fingerprint density at radius 1 is 1.20 bits per heavy atom.